The van der Waals surface area contributed by atoms with Crippen molar-refractivity contribution in [2.45, 2.75) is 38.3 Å². The summed E-state index contributed by atoms with van der Waals surface area (Å²) < 4.78 is 1.67. The molecule has 0 spiro atoms. The molecule has 1 fully saturated rings. The van der Waals surface area contributed by atoms with Crippen LogP contribution in [0.1, 0.15) is 36.0 Å². The van der Waals surface area contributed by atoms with Crippen LogP contribution in [0.2, 0.25) is 0 Å². The van der Waals surface area contributed by atoms with E-state index in [1.807, 2.05) is 0 Å². The zero-order valence-corrected chi connectivity index (χ0v) is 14.9. The van der Waals surface area contributed by atoms with Gasteiger partial charge >= 0.3 is 5.97 Å². The number of anilines is 1. The molecule has 27 heavy (non-hydrogen) atoms. The zero-order valence-electron chi connectivity index (χ0n) is 14.9. The van der Waals surface area contributed by atoms with Gasteiger partial charge in [0.1, 0.15) is 6.04 Å². The molecule has 2 heterocycles. The van der Waals surface area contributed by atoms with Crippen LogP contribution in [0.25, 0.3) is 0 Å². The fourth-order valence-corrected chi connectivity index (χ4v) is 3.20. The third-order valence-corrected chi connectivity index (χ3v) is 4.57. The number of hydrogen-bond donors (Lipinski definition) is 2. The summed E-state index contributed by atoms with van der Waals surface area (Å²) in [6, 6.07) is 7.59. The number of aryl methyl sites for hydroxylation is 1. The molecule has 8 nitrogen and oxygen atoms in total. The number of aromatic nitrogens is 2. The molecule has 1 aliphatic rings. The molecule has 1 atom stereocenters. The molecule has 8 heteroatoms. The van der Waals surface area contributed by atoms with Gasteiger partial charge in [-0.05, 0) is 43.5 Å². The molecule has 0 aliphatic carbocycles. The van der Waals surface area contributed by atoms with Crippen LogP contribution < -0.4 is 5.32 Å². The molecule has 2 N–H and O–H groups in total. The highest BCUT2D eigenvalue weighted by molar-refractivity contribution is 5.98. The first-order valence-corrected chi connectivity index (χ1v) is 8.96. The minimum absolute atomic E-state index is 0.184. The fourth-order valence-electron chi connectivity index (χ4n) is 3.20. The summed E-state index contributed by atoms with van der Waals surface area (Å²) in [5.41, 5.74) is 0.878. The number of carbonyl (C=O) groups is 3. The molecule has 3 rings (SSSR count). The largest absolute Gasteiger partial charge is 0.480 e. The number of aliphatic carboxylic acids is 1. The third kappa shape index (κ3) is 4.72. The van der Waals surface area contributed by atoms with E-state index in [2.05, 4.69) is 10.4 Å². The van der Waals surface area contributed by atoms with Crippen LogP contribution in [0, 0.1) is 0 Å². The molecule has 2 amide bonds. The Hall–Kier alpha value is -3.16. The second-order valence-corrected chi connectivity index (χ2v) is 6.50. The van der Waals surface area contributed by atoms with E-state index >= 15 is 0 Å². The van der Waals surface area contributed by atoms with E-state index in [0.717, 1.165) is 12.8 Å². The highest BCUT2D eigenvalue weighted by Gasteiger charge is 2.32. The van der Waals surface area contributed by atoms with Crippen molar-refractivity contribution in [2.75, 3.05) is 11.9 Å². The number of nitrogens with zero attached hydrogens (tertiary/aromatic N) is 3. The molecule has 1 aromatic carbocycles. The molecule has 1 aromatic heterocycles. The van der Waals surface area contributed by atoms with Gasteiger partial charge in [-0.1, -0.05) is 6.07 Å². The average Bonchev–Trinajstić information content (AvgIpc) is 3.19. The summed E-state index contributed by atoms with van der Waals surface area (Å²) in [5, 5.41) is 16.2. The lowest BCUT2D eigenvalue weighted by molar-refractivity contribution is -0.143. The molecular weight excluding hydrogens is 348 g/mol. The van der Waals surface area contributed by atoms with Crippen LogP contribution in [0.15, 0.2) is 42.7 Å². The van der Waals surface area contributed by atoms with Crippen LogP contribution in [0.5, 0.6) is 0 Å². The molecule has 1 aliphatic heterocycles. The van der Waals surface area contributed by atoms with E-state index < -0.39 is 12.0 Å². The summed E-state index contributed by atoms with van der Waals surface area (Å²) in [6.07, 6.45) is 5.74. The van der Waals surface area contributed by atoms with Gasteiger partial charge in [-0.15, -0.1) is 0 Å². The van der Waals surface area contributed by atoms with Crippen LogP contribution in [0.4, 0.5) is 5.69 Å². The maximum absolute atomic E-state index is 12.8. The van der Waals surface area contributed by atoms with Crippen molar-refractivity contribution < 1.29 is 19.5 Å². The number of benzene rings is 1. The Kier molecular flexibility index (Phi) is 5.85. The van der Waals surface area contributed by atoms with Crippen molar-refractivity contribution >= 4 is 23.5 Å². The first-order valence-electron chi connectivity index (χ1n) is 8.96. The van der Waals surface area contributed by atoms with Crippen LogP contribution in [-0.2, 0) is 16.1 Å². The lowest BCUT2D eigenvalue weighted by Crippen LogP contribution is -2.48. The third-order valence-electron chi connectivity index (χ3n) is 4.57. The number of piperidine rings is 1. The van der Waals surface area contributed by atoms with E-state index in [1.54, 1.807) is 47.4 Å². The number of carboxylic acid groups (broad SMARTS) is 1. The number of amides is 2. The predicted molar refractivity (Wildman–Crippen MR) is 98.2 cm³/mol. The fraction of sp³-hybridized carbons (Fsp3) is 0.368. The van der Waals surface area contributed by atoms with Gasteiger partial charge in [-0.3, -0.25) is 14.3 Å². The monoisotopic (exact) mass is 370 g/mol. The van der Waals surface area contributed by atoms with Crippen molar-refractivity contribution in [1.29, 1.82) is 0 Å². The summed E-state index contributed by atoms with van der Waals surface area (Å²) >= 11 is 0. The minimum Gasteiger partial charge on any atom is -0.480 e. The molecule has 0 saturated carbocycles. The quantitative estimate of drug-likeness (QED) is 0.809. The van der Waals surface area contributed by atoms with Gasteiger partial charge in [0, 0.05) is 43.2 Å². The van der Waals surface area contributed by atoms with Crippen LogP contribution in [0.3, 0.4) is 0 Å². The zero-order chi connectivity index (χ0) is 19.2. The van der Waals surface area contributed by atoms with Gasteiger partial charge in [0.25, 0.3) is 5.91 Å². The van der Waals surface area contributed by atoms with Crippen molar-refractivity contribution in [2.24, 2.45) is 0 Å². The van der Waals surface area contributed by atoms with Gasteiger partial charge in [-0.25, -0.2) is 4.79 Å². The van der Waals surface area contributed by atoms with Gasteiger partial charge in [0.15, 0.2) is 0 Å². The first kappa shape index (κ1) is 18.6. The number of carbonyl (C=O) groups excluding carboxylic acids is 2. The SMILES string of the molecule is O=C(CCn1cccn1)Nc1cccc(C(=O)N2CCCCC2C(=O)O)c1. The standard InChI is InChI=1S/C19H22N4O4/c24-17(8-12-22-10-4-9-20-22)21-15-6-3-5-14(13-15)18(25)23-11-2-1-7-16(23)19(26)27/h3-6,9-10,13,16H,1-2,7-8,11-12H2,(H,21,24)(H,26,27). The lowest BCUT2D eigenvalue weighted by Gasteiger charge is -2.33. The van der Waals surface area contributed by atoms with Crippen molar-refractivity contribution in [3.05, 3.63) is 48.3 Å². The second kappa shape index (κ2) is 8.48. The Labute approximate surface area is 156 Å². The van der Waals surface area contributed by atoms with E-state index in [9.17, 15) is 19.5 Å². The lowest BCUT2D eigenvalue weighted by atomic mass is 10.0. The number of likely N-dealkylation sites (tertiary alicyclic amines) is 1. The van der Waals surface area contributed by atoms with E-state index in [1.165, 1.54) is 4.90 Å². The van der Waals surface area contributed by atoms with Gasteiger partial charge in [0.05, 0.1) is 0 Å². The number of carboxylic acids is 1. The second-order valence-electron chi connectivity index (χ2n) is 6.50. The molecule has 0 radical (unpaired) electrons. The number of rotatable bonds is 6. The maximum Gasteiger partial charge on any atom is 0.326 e. The van der Waals surface area contributed by atoms with Gasteiger partial charge in [0.2, 0.25) is 5.91 Å². The molecule has 2 aromatic rings. The predicted octanol–water partition coefficient (Wildman–Crippen LogP) is 1.99. The summed E-state index contributed by atoms with van der Waals surface area (Å²) in [6.45, 7) is 0.891. The van der Waals surface area contributed by atoms with Crippen LogP contribution in [-0.4, -0.2) is 50.2 Å². The molecule has 1 unspecified atom stereocenters. The summed E-state index contributed by atoms with van der Waals surface area (Å²) in [5.74, 6) is -1.49. The Morgan fingerprint density at radius 2 is 2.07 bits per heavy atom. The average molecular weight is 370 g/mol. The van der Waals surface area contributed by atoms with Crippen molar-refractivity contribution in [3.63, 3.8) is 0 Å². The molecule has 1 saturated heterocycles. The molecule has 0 bridgehead atoms. The Morgan fingerprint density at radius 1 is 1.22 bits per heavy atom. The normalized spacial score (nSPS) is 16.7. The first-order chi connectivity index (χ1) is 13.0. The van der Waals surface area contributed by atoms with E-state index in [4.69, 9.17) is 0 Å². The van der Waals surface area contributed by atoms with Crippen LogP contribution >= 0.6 is 0 Å². The highest BCUT2D eigenvalue weighted by atomic mass is 16.4. The topological polar surface area (TPSA) is 105 Å². The Bertz CT molecular complexity index is 819. The number of hydrogen-bond acceptors (Lipinski definition) is 4. The summed E-state index contributed by atoms with van der Waals surface area (Å²) in [4.78, 5) is 37.7. The maximum atomic E-state index is 12.8. The smallest absolute Gasteiger partial charge is 0.326 e. The van der Waals surface area contributed by atoms with Gasteiger partial charge < -0.3 is 15.3 Å². The Morgan fingerprint density at radius 3 is 2.81 bits per heavy atom. The molecule has 142 valence electrons. The van der Waals surface area contributed by atoms with E-state index in [0.29, 0.717) is 30.8 Å². The minimum atomic E-state index is -0.980. The van der Waals surface area contributed by atoms with Crippen molar-refractivity contribution in [1.82, 2.24) is 14.7 Å². The highest BCUT2D eigenvalue weighted by Crippen LogP contribution is 2.21. The van der Waals surface area contributed by atoms with Gasteiger partial charge in [-0.2, -0.15) is 5.10 Å². The Balaban J connectivity index is 1.64. The number of nitrogens with one attached hydrogen (secondary N) is 1. The molecular formula is C19H22N4O4. The van der Waals surface area contributed by atoms with Crippen molar-refractivity contribution in [3.8, 4) is 0 Å². The van der Waals surface area contributed by atoms with E-state index in [-0.39, 0.29) is 18.2 Å². The summed E-state index contributed by atoms with van der Waals surface area (Å²) in [7, 11) is 0.